The summed E-state index contributed by atoms with van der Waals surface area (Å²) in [6.07, 6.45) is 0.335. The fourth-order valence-corrected chi connectivity index (χ4v) is 2.28. The SMILES string of the molecule is COC(=O)c1cccc(NC(=O)CC2COCCN2)c1C. The van der Waals surface area contributed by atoms with Crippen molar-refractivity contribution in [3.63, 3.8) is 0 Å². The topological polar surface area (TPSA) is 76.7 Å². The van der Waals surface area contributed by atoms with Crippen LogP contribution in [0.1, 0.15) is 22.3 Å². The van der Waals surface area contributed by atoms with Gasteiger partial charge in [-0.15, -0.1) is 0 Å². The van der Waals surface area contributed by atoms with Crippen LogP contribution in [-0.4, -0.2) is 44.8 Å². The molecule has 21 heavy (non-hydrogen) atoms. The number of esters is 1. The van der Waals surface area contributed by atoms with Gasteiger partial charge in [0.1, 0.15) is 0 Å². The molecule has 1 atom stereocenters. The standard InChI is InChI=1S/C15H20N2O4/c1-10-12(15(19)20-2)4-3-5-13(10)17-14(18)8-11-9-21-7-6-16-11/h3-5,11,16H,6-9H2,1-2H3,(H,17,18). The molecule has 0 aliphatic carbocycles. The van der Waals surface area contributed by atoms with Crippen LogP contribution in [0.5, 0.6) is 0 Å². The lowest BCUT2D eigenvalue weighted by molar-refractivity contribution is -0.117. The van der Waals surface area contributed by atoms with Gasteiger partial charge >= 0.3 is 5.97 Å². The van der Waals surface area contributed by atoms with E-state index < -0.39 is 5.97 Å². The Morgan fingerprint density at radius 1 is 1.48 bits per heavy atom. The van der Waals surface area contributed by atoms with Gasteiger partial charge in [0.05, 0.1) is 25.9 Å². The van der Waals surface area contributed by atoms with Crippen LogP contribution >= 0.6 is 0 Å². The Morgan fingerprint density at radius 3 is 2.95 bits per heavy atom. The highest BCUT2D eigenvalue weighted by Crippen LogP contribution is 2.20. The van der Waals surface area contributed by atoms with Crippen molar-refractivity contribution in [2.24, 2.45) is 0 Å². The van der Waals surface area contributed by atoms with E-state index in [9.17, 15) is 9.59 Å². The van der Waals surface area contributed by atoms with Crippen LogP contribution in [-0.2, 0) is 14.3 Å². The van der Waals surface area contributed by atoms with Gasteiger partial charge < -0.3 is 20.1 Å². The van der Waals surface area contributed by atoms with Gasteiger partial charge in [0, 0.05) is 24.7 Å². The molecule has 6 heteroatoms. The van der Waals surface area contributed by atoms with E-state index in [1.54, 1.807) is 25.1 Å². The van der Waals surface area contributed by atoms with E-state index in [1.165, 1.54) is 7.11 Å². The molecule has 114 valence electrons. The van der Waals surface area contributed by atoms with Gasteiger partial charge in [-0.25, -0.2) is 4.79 Å². The minimum atomic E-state index is -0.411. The first-order valence-electron chi connectivity index (χ1n) is 6.90. The second kappa shape index (κ2) is 7.19. The van der Waals surface area contributed by atoms with E-state index in [2.05, 4.69) is 10.6 Å². The number of carbonyl (C=O) groups is 2. The molecule has 0 bridgehead atoms. The Kier molecular flexibility index (Phi) is 5.30. The molecule has 0 saturated carbocycles. The van der Waals surface area contributed by atoms with Crippen LogP contribution in [0.2, 0.25) is 0 Å². The Bertz CT molecular complexity index is 524. The van der Waals surface area contributed by atoms with Crippen LogP contribution in [0, 0.1) is 6.92 Å². The summed E-state index contributed by atoms with van der Waals surface area (Å²) in [5.41, 5.74) is 1.78. The molecule has 1 aromatic rings. The second-order valence-corrected chi connectivity index (χ2v) is 4.95. The minimum Gasteiger partial charge on any atom is -0.465 e. The summed E-state index contributed by atoms with van der Waals surface area (Å²) in [4.78, 5) is 23.7. The number of anilines is 1. The van der Waals surface area contributed by atoms with Gasteiger partial charge in [0.25, 0.3) is 0 Å². The Morgan fingerprint density at radius 2 is 2.29 bits per heavy atom. The first-order chi connectivity index (χ1) is 10.1. The molecular weight excluding hydrogens is 272 g/mol. The van der Waals surface area contributed by atoms with E-state index in [1.807, 2.05) is 0 Å². The summed E-state index contributed by atoms with van der Waals surface area (Å²) < 4.78 is 10.0. The lowest BCUT2D eigenvalue weighted by Gasteiger charge is -2.23. The van der Waals surface area contributed by atoms with E-state index in [0.29, 0.717) is 36.4 Å². The molecule has 1 saturated heterocycles. The summed E-state index contributed by atoms with van der Waals surface area (Å²) in [6.45, 7) is 3.76. The molecule has 1 aromatic carbocycles. The molecule has 0 spiro atoms. The molecule has 1 amide bonds. The number of amides is 1. The molecule has 0 aromatic heterocycles. The summed E-state index contributed by atoms with van der Waals surface area (Å²) in [7, 11) is 1.34. The number of methoxy groups -OCH3 is 1. The van der Waals surface area contributed by atoms with Crippen LogP contribution in [0.25, 0.3) is 0 Å². The quantitative estimate of drug-likeness (QED) is 0.813. The second-order valence-electron chi connectivity index (χ2n) is 4.95. The highest BCUT2D eigenvalue weighted by atomic mass is 16.5. The largest absolute Gasteiger partial charge is 0.465 e. The first kappa shape index (κ1) is 15.5. The molecule has 1 aliphatic heterocycles. The van der Waals surface area contributed by atoms with E-state index >= 15 is 0 Å². The average Bonchev–Trinajstić information content (AvgIpc) is 2.49. The fourth-order valence-electron chi connectivity index (χ4n) is 2.28. The molecule has 6 nitrogen and oxygen atoms in total. The summed E-state index contributed by atoms with van der Waals surface area (Å²) in [5.74, 6) is -0.519. The van der Waals surface area contributed by atoms with Gasteiger partial charge in [-0.2, -0.15) is 0 Å². The molecule has 0 radical (unpaired) electrons. The van der Waals surface area contributed by atoms with E-state index in [0.717, 1.165) is 6.54 Å². The number of rotatable bonds is 4. The number of carbonyl (C=O) groups excluding carboxylic acids is 2. The van der Waals surface area contributed by atoms with Crippen LogP contribution in [0.3, 0.4) is 0 Å². The van der Waals surface area contributed by atoms with Gasteiger partial charge in [0.15, 0.2) is 0 Å². The van der Waals surface area contributed by atoms with Gasteiger partial charge in [0.2, 0.25) is 5.91 Å². The number of nitrogens with one attached hydrogen (secondary N) is 2. The van der Waals surface area contributed by atoms with Crippen molar-refractivity contribution in [3.8, 4) is 0 Å². The van der Waals surface area contributed by atoms with Gasteiger partial charge in [-0.1, -0.05) is 6.07 Å². The highest BCUT2D eigenvalue weighted by molar-refractivity contribution is 5.96. The van der Waals surface area contributed by atoms with Crippen molar-refractivity contribution in [1.29, 1.82) is 0 Å². The Balaban J connectivity index is 2.01. The predicted octanol–water partition coefficient (Wildman–Crippen LogP) is 1.10. The zero-order valence-electron chi connectivity index (χ0n) is 12.3. The molecule has 1 unspecified atom stereocenters. The molecule has 1 aliphatic rings. The number of benzene rings is 1. The Labute approximate surface area is 123 Å². The summed E-state index contributed by atoms with van der Waals surface area (Å²) >= 11 is 0. The zero-order valence-corrected chi connectivity index (χ0v) is 12.3. The molecular formula is C15H20N2O4. The molecule has 1 heterocycles. The lowest BCUT2D eigenvalue weighted by Crippen LogP contribution is -2.43. The Hall–Kier alpha value is -1.92. The van der Waals surface area contributed by atoms with Gasteiger partial charge in [-0.05, 0) is 24.6 Å². The van der Waals surface area contributed by atoms with Crippen molar-refractivity contribution in [2.75, 3.05) is 32.2 Å². The summed E-state index contributed by atoms with van der Waals surface area (Å²) in [6, 6.07) is 5.19. The van der Waals surface area contributed by atoms with Crippen molar-refractivity contribution < 1.29 is 19.1 Å². The fraction of sp³-hybridized carbons (Fsp3) is 0.467. The third kappa shape index (κ3) is 4.03. The number of morpholine rings is 1. The maximum absolute atomic E-state index is 12.1. The number of hydrogen-bond acceptors (Lipinski definition) is 5. The summed E-state index contributed by atoms with van der Waals surface area (Å²) in [5, 5.41) is 6.06. The van der Waals surface area contributed by atoms with E-state index in [4.69, 9.17) is 9.47 Å². The van der Waals surface area contributed by atoms with E-state index in [-0.39, 0.29) is 11.9 Å². The maximum atomic E-state index is 12.1. The van der Waals surface area contributed by atoms with Gasteiger partial charge in [-0.3, -0.25) is 4.79 Å². The molecule has 2 N–H and O–H groups in total. The monoisotopic (exact) mass is 292 g/mol. The normalized spacial score (nSPS) is 18.1. The minimum absolute atomic E-state index is 0.0304. The van der Waals surface area contributed by atoms with Crippen molar-refractivity contribution in [2.45, 2.75) is 19.4 Å². The average molecular weight is 292 g/mol. The number of hydrogen-bond donors (Lipinski definition) is 2. The smallest absolute Gasteiger partial charge is 0.338 e. The highest BCUT2D eigenvalue weighted by Gasteiger charge is 2.18. The van der Waals surface area contributed by atoms with Crippen LogP contribution < -0.4 is 10.6 Å². The maximum Gasteiger partial charge on any atom is 0.338 e. The molecule has 2 rings (SSSR count). The first-order valence-corrected chi connectivity index (χ1v) is 6.90. The lowest BCUT2D eigenvalue weighted by atomic mass is 10.1. The number of ether oxygens (including phenoxy) is 2. The van der Waals surface area contributed by atoms with Crippen LogP contribution in [0.4, 0.5) is 5.69 Å². The van der Waals surface area contributed by atoms with Crippen molar-refractivity contribution in [3.05, 3.63) is 29.3 Å². The third-order valence-corrected chi connectivity index (χ3v) is 3.44. The predicted molar refractivity (Wildman–Crippen MR) is 78.4 cm³/mol. The van der Waals surface area contributed by atoms with Crippen molar-refractivity contribution >= 4 is 17.6 Å². The zero-order chi connectivity index (χ0) is 15.2. The van der Waals surface area contributed by atoms with Crippen LogP contribution in [0.15, 0.2) is 18.2 Å². The third-order valence-electron chi connectivity index (χ3n) is 3.44. The molecule has 1 fully saturated rings. The van der Waals surface area contributed by atoms with Crippen molar-refractivity contribution in [1.82, 2.24) is 5.32 Å².